The van der Waals surface area contributed by atoms with Gasteiger partial charge in [0.25, 0.3) is 5.91 Å². The van der Waals surface area contributed by atoms with Crippen LogP contribution in [0.1, 0.15) is 11.1 Å². The summed E-state index contributed by atoms with van der Waals surface area (Å²) in [5.74, 6) is 0.814. The van der Waals surface area contributed by atoms with Crippen LogP contribution in [0.15, 0.2) is 66.7 Å². The lowest BCUT2D eigenvalue weighted by molar-refractivity contribution is -0.110. The second-order valence-electron chi connectivity index (χ2n) is 7.39. The fourth-order valence-corrected chi connectivity index (χ4v) is 3.67. The van der Waals surface area contributed by atoms with Crippen molar-refractivity contribution in [1.82, 2.24) is 0 Å². The highest BCUT2D eigenvalue weighted by atomic mass is 16.5. The number of hydrogen-bond donors (Lipinski definition) is 3. The zero-order chi connectivity index (χ0) is 23.5. The maximum absolute atomic E-state index is 13.1. The van der Waals surface area contributed by atoms with Gasteiger partial charge in [-0.3, -0.25) is 9.69 Å². The lowest BCUT2D eigenvalue weighted by Gasteiger charge is -2.17. The highest BCUT2D eigenvalue weighted by Crippen LogP contribution is 2.43. The Morgan fingerprint density at radius 3 is 2.21 bits per heavy atom. The van der Waals surface area contributed by atoms with Gasteiger partial charge in [0.05, 0.1) is 31.2 Å². The molecule has 0 atom stereocenters. The number of fused-ring (bicyclic) bond motifs is 1. The van der Waals surface area contributed by atoms with Crippen LogP contribution in [-0.4, -0.2) is 33.2 Å². The lowest BCUT2D eigenvalue weighted by atomic mass is 9.99. The zero-order valence-corrected chi connectivity index (χ0v) is 18.5. The average Bonchev–Trinajstić information content (AvgIpc) is 3.16. The monoisotopic (exact) mass is 444 g/mol. The van der Waals surface area contributed by atoms with E-state index < -0.39 is 6.03 Å². The summed E-state index contributed by atoms with van der Waals surface area (Å²) in [6, 6.07) is 19.8. The second kappa shape index (κ2) is 8.96. The fourth-order valence-electron chi connectivity index (χ4n) is 3.67. The maximum atomic E-state index is 13.1. The van der Waals surface area contributed by atoms with Gasteiger partial charge in [-0.1, -0.05) is 30.3 Å². The zero-order valence-electron chi connectivity index (χ0n) is 18.5. The highest BCUT2D eigenvalue weighted by molar-refractivity contribution is 6.37. The third kappa shape index (κ3) is 4.18. The van der Waals surface area contributed by atoms with E-state index in [1.54, 1.807) is 45.5 Å². The van der Waals surface area contributed by atoms with Gasteiger partial charge in [0.1, 0.15) is 0 Å². The number of anilines is 3. The number of nitrogens with two attached hydrogens (primary N) is 1. The van der Waals surface area contributed by atoms with Crippen molar-refractivity contribution in [1.29, 1.82) is 0 Å². The van der Waals surface area contributed by atoms with Crippen LogP contribution in [0.3, 0.4) is 0 Å². The molecule has 0 bridgehead atoms. The van der Waals surface area contributed by atoms with Crippen LogP contribution in [0.2, 0.25) is 0 Å². The predicted molar refractivity (Wildman–Crippen MR) is 129 cm³/mol. The SMILES string of the molecule is COc1cc2c(cc1OC)C(=C(Nc1ccc(N(C)C(N)=O)cc1)c1ccccc1)C(=O)N2. The molecule has 1 aliphatic rings. The van der Waals surface area contributed by atoms with Crippen molar-refractivity contribution in [2.45, 2.75) is 0 Å². The minimum Gasteiger partial charge on any atom is -0.493 e. The van der Waals surface area contributed by atoms with E-state index in [1.807, 2.05) is 42.5 Å². The number of nitrogens with one attached hydrogen (secondary N) is 2. The van der Waals surface area contributed by atoms with Gasteiger partial charge in [0.2, 0.25) is 0 Å². The molecule has 0 aliphatic carbocycles. The molecule has 1 heterocycles. The molecule has 0 unspecified atom stereocenters. The van der Waals surface area contributed by atoms with E-state index in [0.29, 0.717) is 39.7 Å². The number of primary amides is 1. The van der Waals surface area contributed by atoms with Crippen LogP contribution >= 0.6 is 0 Å². The number of carbonyl (C=O) groups excluding carboxylic acids is 2. The summed E-state index contributed by atoms with van der Waals surface area (Å²) in [5, 5.41) is 6.30. The molecule has 33 heavy (non-hydrogen) atoms. The number of urea groups is 1. The van der Waals surface area contributed by atoms with Crippen LogP contribution in [0.4, 0.5) is 21.9 Å². The number of amides is 3. The largest absolute Gasteiger partial charge is 0.493 e. The van der Waals surface area contributed by atoms with Crippen molar-refractivity contribution in [3.05, 3.63) is 77.9 Å². The molecule has 168 valence electrons. The molecule has 4 N–H and O–H groups in total. The molecule has 1 aliphatic heterocycles. The lowest BCUT2D eigenvalue weighted by Crippen LogP contribution is -2.31. The first kappa shape index (κ1) is 21.8. The second-order valence-corrected chi connectivity index (χ2v) is 7.39. The Morgan fingerprint density at radius 1 is 0.970 bits per heavy atom. The van der Waals surface area contributed by atoms with Crippen molar-refractivity contribution in [2.24, 2.45) is 5.73 Å². The quantitative estimate of drug-likeness (QED) is 0.495. The van der Waals surface area contributed by atoms with Crippen molar-refractivity contribution in [3.63, 3.8) is 0 Å². The molecule has 0 fully saturated rings. The Kier molecular flexibility index (Phi) is 5.91. The Bertz CT molecular complexity index is 1240. The van der Waals surface area contributed by atoms with Gasteiger partial charge < -0.3 is 25.8 Å². The molecule has 3 aromatic carbocycles. The summed E-state index contributed by atoms with van der Waals surface area (Å²) in [6.07, 6.45) is 0. The van der Waals surface area contributed by atoms with E-state index in [4.69, 9.17) is 15.2 Å². The summed E-state index contributed by atoms with van der Waals surface area (Å²) in [6.45, 7) is 0. The molecule has 0 saturated carbocycles. The van der Waals surface area contributed by atoms with Crippen molar-refractivity contribution >= 4 is 40.3 Å². The first-order valence-electron chi connectivity index (χ1n) is 10.2. The van der Waals surface area contributed by atoms with Gasteiger partial charge in [0.15, 0.2) is 11.5 Å². The number of rotatable bonds is 6. The summed E-state index contributed by atoms with van der Waals surface area (Å²) in [5.41, 5.74) is 10.0. The van der Waals surface area contributed by atoms with Crippen LogP contribution < -0.4 is 30.7 Å². The molecule has 3 amide bonds. The van der Waals surface area contributed by atoms with Gasteiger partial charge in [0, 0.05) is 30.1 Å². The summed E-state index contributed by atoms with van der Waals surface area (Å²) in [4.78, 5) is 25.9. The first-order valence-corrected chi connectivity index (χ1v) is 10.2. The van der Waals surface area contributed by atoms with E-state index in [0.717, 1.165) is 11.3 Å². The Labute approximate surface area is 191 Å². The first-order chi connectivity index (χ1) is 15.9. The smallest absolute Gasteiger partial charge is 0.318 e. The molecule has 4 rings (SSSR count). The van der Waals surface area contributed by atoms with Crippen LogP contribution in [0.5, 0.6) is 11.5 Å². The summed E-state index contributed by atoms with van der Waals surface area (Å²) < 4.78 is 10.8. The molecular formula is C25H24N4O4. The third-order valence-electron chi connectivity index (χ3n) is 5.44. The van der Waals surface area contributed by atoms with Gasteiger partial charge in [-0.2, -0.15) is 0 Å². The third-order valence-corrected chi connectivity index (χ3v) is 5.44. The average molecular weight is 444 g/mol. The topological polar surface area (TPSA) is 106 Å². The highest BCUT2D eigenvalue weighted by Gasteiger charge is 2.30. The summed E-state index contributed by atoms with van der Waals surface area (Å²) in [7, 11) is 4.70. The van der Waals surface area contributed by atoms with Crippen LogP contribution in [-0.2, 0) is 4.79 Å². The van der Waals surface area contributed by atoms with E-state index in [-0.39, 0.29) is 5.91 Å². The molecule has 0 saturated heterocycles. The van der Waals surface area contributed by atoms with Gasteiger partial charge >= 0.3 is 6.03 Å². The number of hydrogen-bond acceptors (Lipinski definition) is 5. The minimum atomic E-state index is -0.550. The molecule has 0 aromatic heterocycles. The van der Waals surface area contributed by atoms with Gasteiger partial charge in [-0.15, -0.1) is 0 Å². The standard InChI is InChI=1S/C25H24N4O4/c1-29(25(26)31)17-11-9-16(10-12-17)27-23(15-7-5-4-6-8-15)22-18-13-20(32-2)21(33-3)14-19(18)28-24(22)30/h4-14,27H,1-3H3,(H2,26,31)(H,28,30). The molecular weight excluding hydrogens is 420 g/mol. The molecule has 0 spiro atoms. The predicted octanol–water partition coefficient (Wildman–Crippen LogP) is 4.15. The van der Waals surface area contributed by atoms with E-state index >= 15 is 0 Å². The van der Waals surface area contributed by atoms with Crippen molar-refractivity contribution < 1.29 is 19.1 Å². The Balaban J connectivity index is 1.83. The Hall–Kier alpha value is -4.46. The molecule has 0 radical (unpaired) electrons. The number of benzene rings is 3. The van der Waals surface area contributed by atoms with E-state index in [1.165, 1.54) is 4.90 Å². The molecule has 8 heteroatoms. The molecule has 3 aromatic rings. The van der Waals surface area contributed by atoms with E-state index in [9.17, 15) is 9.59 Å². The normalized spacial score (nSPS) is 13.6. The fraction of sp³-hybridized carbons (Fsp3) is 0.120. The maximum Gasteiger partial charge on any atom is 0.318 e. The number of nitrogens with zero attached hydrogens (tertiary/aromatic N) is 1. The van der Waals surface area contributed by atoms with Crippen LogP contribution in [0.25, 0.3) is 11.3 Å². The van der Waals surface area contributed by atoms with Gasteiger partial charge in [-0.05, 0) is 35.9 Å². The molecule has 8 nitrogen and oxygen atoms in total. The number of methoxy groups -OCH3 is 2. The Morgan fingerprint density at radius 2 is 1.61 bits per heavy atom. The number of ether oxygens (including phenoxy) is 2. The minimum absolute atomic E-state index is 0.239. The van der Waals surface area contributed by atoms with E-state index in [2.05, 4.69) is 10.6 Å². The van der Waals surface area contributed by atoms with Crippen LogP contribution in [0, 0.1) is 0 Å². The van der Waals surface area contributed by atoms with Crippen molar-refractivity contribution in [3.8, 4) is 11.5 Å². The number of carbonyl (C=O) groups is 2. The van der Waals surface area contributed by atoms with Gasteiger partial charge in [-0.25, -0.2) is 4.79 Å². The summed E-state index contributed by atoms with van der Waals surface area (Å²) >= 11 is 0. The van der Waals surface area contributed by atoms with Crippen molar-refractivity contribution in [2.75, 3.05) is 36.8 Å².